The van der Waals surface area contributed by atoms with E-state index in [-0.39, 0.29) is 5.91 Å². The van der Waals surface area contributed by atoms with Gasteiger partial charge in [-0.2, -0.15) is 0 Å². The van der Waals surface area contributed by atoms with Gasteiger partial charge >= 0.3 is 0 Å². The standard InChI is InChI=1S/C22H26ClN3OS/c1-5-25(6-2)11-12-26(21(27)17-7-9-18(23)10-8-17)22-24-20-16(4)13-15(3)14-19(20)28-22/h7-10,13-14H,5-6,11-12H2,1-4H3. The first-order valence-corrected chi connectivity index (χ1v) is 10.8. The van der Waals surface area contributed by atoms with E-state index in [4.69, 9.17) is 16.6 Å². The maximum absolute atomic E-state index is 13.3. The number of hydrogen-bond acceptors (Lipinski definition) is 4. The second-order valence-electron chi connectivity index (χ2n) is 6.92. The third-order valence-corrected chi connectivity index (χ3v) is 6.20. The minimum atomic E-state index is -0.0442. The summed E-state index contributed by atoms with van der Waals surface area (Å²) < 4.78 is 1.12. The third-order valence-electron chi connectivity index (χ3n) is 4.92. The van der Waals surface area contributed by atoms with Gasteiger partial charge < -0.3 is 4.90 Å². The predicted octanol–water partition coefficient (Wildman–Crippen LogP) is 5.56. The van der Waals surface area contributed by atoms with Crippen LogP contribution in [0.5, 0.6) is 0 Å². The van der Waals surface area contributed by atoms with Gasteiger partial charge in [0.25, 0.3) is 5.91 Å². The Kier molecular flexibility index (Phi) is 6.70. The number of carbonyl (C=O) groups is 1. The number of fused-ring (bicyclic) bond motifs is 1. The Morgan fingerprint density at radius 1 is 1.07 bits per heavy atom. The highest BCUT2D eigenvalue weighted by molar-refractivity contribution is 7.22. The number of rotatable bonds is 7. The lowest BCUT2D eigenvalue weighted by Crippen LogP contribution is -2.38. The number of hydrogen-bond donors (Lipinski definition) is 0. The molecule has 0 unspecified atom stereocenters. The molecule has 0 aliphatic rings. The number of aryl methyl sites for hydroxylation is 2. The average Bonchev–Trinajstić information content (AvgIpc) is 3.09. The molecule has 0 fully saturated rings. The molecule has 0 saturated heterocycles. The summed E-state index contributed by atoms with van der Waals surface area (Å²) in [4.78, 5) is 22.2. The average molecular weight is 416 g/mol. The lowest BCUT2D eigenvalue weighted by Gasteiger charge is -2.24. The molecule has 0 saturated carbocycles. The number of amides is 1. The van der Waals surface area contributed by atoms with E-state index in [0.29, 0.717) is 17.1 Å². The fraction of sp³-hybridized carbons (Fsp3) is 0.364. The highest BCUT2D eigenvalue weighted by Crippen LogP contribution is 2.32. The number of aromatic nitrogens is 1. The maximum Gasteiger partial charge on any atom is 0.260 e. The maximum atomic E-state index is 13.3. The summed E-state index contributed by atoms with van der Waals surface area (Å²) in [5.41, 5.74) is 3.94. The van der Waals surface area contributed by atoms with Crippen molar-refractivity contribution in [1.29, 1.82) is 0 Å². The first kappa shape index (κ1) is 20.8. The minimum Gasteiger partial charge on any atom is -0.302 e. The molecule has 0 bridgehead atoms. The molecule has 1 amide bonds. The van der Waals surface area contributed by atoms with E-state index in [0.717, 1.165) is 40.5 Å². The van der Waals surface area contributed by atoms with Crippen LogP contribution in [0.3, 0.4) is 0 Å². The summed E-state index contributed by atoms with van der Waals surface area (Å²) in [6, 6.07) is 11.3. The molecule has 1 heterocycles. The van der Waals surface area contributed by atoms with Crippen LogP contribution in [0, 0.1) is 13.8 Å². The van der Waals surface area contributed by atoms with Crippen LogP contribution >= 0.6 is 22.9 Å². The first-order valence-electron chi connectivity index (χ1n) is 9.60. The molecular weight excluding hydrogens is 390 g/mol. The van der Waals surface area contributed by atoms with E-state index in [1.165, 1.54) is 5.56 Å². The van der Waals surface area contributed by atoms with E-state index in [9.17, 15) is 4.79 Å². The minimum absolute atomic E-state index is 0.0442. The molecule has 3 aromatic rings. The summed E-state index contributed by atoms with van der Waals surface area (Å²) in [6.07, 6.45) is 0. The van der Waals surface area contributed by atoms with Gasteiger partial charge in [0.2, 0.25) is 0 Å². The van der Waals surface area contributed by atoms with Crippen LogP contribution in [-0.4, -0.2) is 42.0 Å². The summed E-state index contributed by atoms with van der Waals surface area (Å²) in [5.74, 6) is -0.0442. The van der Waals surface area contributed by atoms with Crippen LogP contribution < -0.4 is 4.90 Å². The number of nitrogens with zero attached hydrogens (tertiary/aromatic N) is 3. The van der Waals surface area contributed by atoms with Crippen LogP contribution in [0.25, 0.3) is 10.2 Å². The number of anilines is 1. The Morgan fingerprint density at radius 2 is 1.75 bits per heavy atom. The number of likely N-dealkylation sites (N-methyl/N-ethyl adjacent to an activating group) is 1. The van der Waals surface area contributed by atoms with Crippen molar-refractivity contribution in [2.45, 2.75) is 27.7 Å². The SMILES string of the molecule is CCN(CC)CCN(C(=O)c1ccc(Cl)cc1)c1nc2c(C)cc(C)cc2s1. The Balaban J connectivity index is 1.98. The second-order valence-corrected chi connectivity index (χ2v) is 8.36. The van der Waals surface area contributed by atoms with Crippen LogP contribution in [0.4, 0.5) is 5.13 Å². The monoisotopic (exact) mass is 415 g/mol. The molecule has 1 aromatic heterocycles. The van der Waals surface area contributed by atoms with E-state index < -0.39 is 0 Å². The number of carbonyl (C=O) groups excluding carboxylic acids is 1. The molecule has 2 aromatic carbocycles. The van der Waals surface area contributed by atoms with Crippen molar-refractivity contribution < 1.29 is 4.79 Å². The van der Waals surface area contributed by atoms with Crippen molar-refractivity contribution in [2.24, 2.45) is 0 Å². The molecule has 0 atom stereocenters. The van der Waals surface area contributed by atoms with Gasteiger partial charge in [0, 0.05) is 23.7 Å². The topological polar surface area (TPSA) is 36.4 Å². The van der Waals surface area contributed by atoms with Gasteiger partial charge in [0.15, 0.2) is 5.13 Å². The zero-order valence-corrected chi connectivity index (χ0v) is 18.4. The molecule has 6 heteroatoms. The Hall–Kier alpha value is -1.95. The van der Waals surface area contributed by atoms with Crippen molar-refractivity contribution in [3.63, 3.8) is 0 Å². The van der Waals surface area contributed by atoms with Crippen molar-refractivity contribution in [3.05, 3.63) is 58.1 Å². The fourth-order valence-corrected chi connectivity index (χ4v) is 4.58. The van der Waals surface area contributed by atoms with Gasteiger partial charge in [-0.15, -0.1) is 0 Å². The second kappa shape index (κ2) is 9.03. The predicted molar refractivity (Wildman–Crippen MR) is 120 cm³/mol. The molecule has 0 radical (unpaired) electrons. The van der Waals surface area contributed by atoms with Crippen LogP contribution in [0.1, 0.15) is 35.3 Å². The third kappa shape index (κ3) is 4.54. The zero-order chi connectivity index (χ0) is 20.3. The van der Waals surface area contributed by atoms with Gasteiger partial charge in [-0.1, -0.05) is 42.9 Å². The van der Waals surface area contributed by atoms with Crippen LogP contribution in [0.15, 0.2) is 36.4 Å². The van der Waals surface area contributed by atoms with E-state index in [2.05, 4.69) is 44.7 Å². The highest BCUT2D eigenvalue weighted by Gasteiger charge is 2.22. The summed E-state index contributed by atoms with van der Waals surface area (Å²) in [5, 5.41) is 1.37. The van der Waals surface area contributed by atoms with E-state index >= 15 is 0 Å². The molecule has 0 aliphatic heterocycles. The van der Waals surface area contributed by atoms with Gasteiger partial charge in [-0.3, -0.25) is 9.69 Å². The molecule has 148 valence electrons. The van der Waals surface area contributed by atoms with E-state index in [1.807, 2.05) is 0 Å². The number of halogens is 1. The first-order chi connectivity index (χ1) is 13.4. The Morgan fingerprint density at radius 3 is 2.39 bits per heavy atom. The lowest BCUT2D eigenvalue weighted by molar-refractivity contribution is 0.0984. The normalized spacial score (nSPS) is 11.4. The molecule has 3 rings (SSSR count). The quantitative estimate of drug-likeness (QED) is 0.507. The molecule has 4 nitrogen and oxygen atoms in total. The smallest absolute Gasteiger partial charge is 0.260 e. The van der Waals surface area contributed by atoms with Crippen molar-refractivity contribution >= 4 is 44.2 Å². The largest absolute Gasteiger partial charge is 0.302 e. The fourth-order valence-electron chi connectivity index (χ4n) is 3.29. The van der Waals surface area contributed by atoms with Gasteiger partial charge in [-0.25, -0.2) is 4.98 Å². The molecule has 0 N–H and O–H groups in total. The summed E-state index contributed by atoms with van der Waals surface area (Å²) in [6.45, 7) is 11.7. The van der Waals surface area contributed by atoms with Crippen molar-refractivity contribution in [3.8, 4) is 0 Å². The Bertz CT molecular complexity index is 964. The summed E-state index contributed by atoms with van der Waals surface area (Å²) >= 11 is 7.57. The Labute approximate surface area is 175 Å². The van der Waals surface area contributed by atoms with Gasteiger partial charge in [-0.05, 0) is 68.4 Å². The van der Waals surface area contributed by atoms with Crippen LogP contribution in [-0.2, 0) is 0 Å². The highest BCUT2D eigenvalue weighted by atomic mass is 35.5. The molecule has 28 heavy (non-hydrogen) atoms. The van der Waals surface area contributed by atoms with Crippen LogP contribution in [0.2, 0.25) is 5.02 Å². The molecule has 0 aliphatic carbocycles. The summed E-state index contributed by atoms with van der Waals surface area (Å²) in [7, 11) is 0. The van der Waals surface area contributed by atoms with Crippen molar-refractivity contribution in [2.75, 3.05) is 31.1 Å². The number of benzene rings is 2. The van der Waals surface area contributed by atoms with Gasteiger partial charge in [0.1, 0.15) is 0 Å². The zero-order valence-electron chi connectivity index (χ0n) is 16.8. The molecule has 0 spiro atoms. The molecular formula is C22H26ClN3OS. The van der Waals surface area contributed by atoms with Gasteiger partial charge in [0.05, 0.1) is 10.2 Å². The van der Waals surface area contributed by atoms with E-state index in [1.54, 1.807) is 40.5 Å². The van der Waals surface area contributed by atoms with Crippen molar-refractivity contribution in [1.82, 2.24) is 9.88 Å². The lowest BCUT2D eigenvalue weighted by atomic mass is 10.1. The number of thiazole rings is 1.